The van der Waals surface area contributed by atoms with Gasteiger partial charge >= 0.3 is 7.82 Å². The van der Waals surface area contributed by atoms with Gasteiger partial charge in [-0.05, 0) is 78.6 Å². The maximum atomic E-state index is 14.0. The van der Waals surface area contributed by atoms with Crippen LogP contribution in [0.3, 0.4) is 0 Å². The van der Waals surface area contributed by atoms with E-state index in [1.165, 1.54) is 0 Å². The second-order valence-corrected chi connectivity index (χ2v) is 40.8. The van der Waals surface area contributed by atoms with Gasteiger partial charge in [0.2, 0.25) is 0 Å². The number of anilines is 1. The number of nitrogens with one attached hydrogen (secondary N) is 1. The Morgan fingerprint density at radius 2 is 1.33 bits per heavy atom. The molecule has 18 heteroatoms. The number of nitrogens with zero attached hydrogens (tertiary/aromatic N) is 4. The Morgan fingerprint density at radius 3 is 1.81 bits per heavy atom. The minimum absolute atomic E-state index is 0.0481. The first kappa shape index (κ1) is 36.9. The van der Waals surface area contributed by atoms with E-state index in [4.69, 9.17) is 31.5 Å². The molecule has 0 spiro atoms. The highest BCUT2D eigenvalue weighted by Crippen LogP contribution is 2.54. The van der Waals surface area contributed by atoms with Crippen LogP contribution in [0, 0.1) is 0 Å². The first-order valence-electron chi connectivity index (χ1n) is 14.9. The molecule has 3 heterocycles. The van der Waals surface area contributed by atoms with E-state index < -0.39 is 73.9 Å². The smallest absolute Gasteiger partial charge is 0.409 e. The van der Waals surface area contributed by atoms with E-state index in [2.05, 4.69) is 73.9 Å². The lowest BCUT2D eigenvalue weighted by atomic mass is 10.1. The quantitative estimate of drug-likeness (QED) is 0.158. The number of hydrogen-bond acceptors (Lipinski definition) is 11. The summed E-state index contributed by atoms with van der Waals surface area (Å²) in [5.41, 5.74) is 1.30. The summed E-state index contributed by atoms with van der Waals surface area (Å²) in [6, 6.07) is 0. The lowest BCUT2D eigenvalue weighted by Crippen LogP contribution is -2.48. The molecule has 0 saturated carbocycles. The first-order valence-corrected chi connectivity index (χ1v) is 33.5. The molecule has 2 aromatic rings. The molecule has 1 N–H and O–H groups in total. The lowest BCUT2D eigenvalue weighted by Gasteiger charge is -2.34. The summed E-state index contributed by atoms with van der Waals surface area (Å²) in [6.45, 7) is 31.2. The summed E-state index contributed by atoms with van der Waals surface area (Å²) in [7, 11) is -14.4. The number of imidazole rings is 1. The zero-order valence-corrected chi connectivity index (χ0v) is 34.7. The van der Waals surface area contributed by atoms with Gasteiger partial charge in [0, 0.05) is 0 Å². The van der Waals surface area contributed by atoms with Gasteiger partial charge in [-0.25, -0.2) is 19.5 Å². The Balaban J connectivity index is 2.06. The second kappa shape index (κ2) is 12.9. The maximum absolute atomic E-state index is 14.0. The highest BCUT2D eigenvalue weighted by molar-refractivity contribution is 7.52. The van der Waals surface area contributed by atoms with Crippen LogP contribution in [0.2, 0.25) is 98.2 Å². The monoisotopic (exact) mass is 707 g/mol. The van der Waals surface area contributed by atoms with E-state index in [1.54, 1.807) is 12.7 Å². The molecule has 1 aliphatic heterocycles. The third-order valence-electron chi connectivity index (χ3n) is 5.56. The SMILES string of the molecule is C[Si](C)(C)Nc1ncnc2c1ncn2C1OC(COP(=O)(O[Si](C)(C)C)O[Si](C)(C)C)C(O[Si](C)(C)C)C1O[Si](C)(C)C. The fraction of sp³-hybridized carbons (Fsp3) is 0.800. The van der Waals surface area contributed by atoms with Crippen LogP contribution in [0.4, 0.5) is 5.82 Å². The predicted octanol–water partition coefficient (Wildman–Crippen LogP) is 7.24. The summed E-state index contributed by atoms with van der Waals surface area (Å²) < 4.78 is 54.4. The van der Waals surface area contributed by atoms with Crippen LogP contribution in [0.1, 0.15) is 6.23 Å². The van der Waals surface area contributed by atoms with E-state index in [0.29, 0.717) is 17.0 Å². The number of hydrogen-bond donors (Lipinski definition) is 1. The summed E-state index contributed by atoms with van der Waals surface area (Å²) >= 11 is 0. The zero-order valence-electron chi connectivity index (χ0n) is 28.8. The predicted molar refractivity (Wildman–Crippen MR) is 185 cm³/mol. The Bertz CT molecular complexity index is 1280. The molecule has 43 heavy (non-hydrogen) atoms. The highest BCUT2D eigenvalue weighted by Gasteiger charge is 2.51. The third-order valence-corrected chi connectivity index (χ3v) is 15.1. The Kier molecular flexibility index (Phi) is 11.1. The highest BCUT2D eigenvalue weighted by atomic mass is 31.2. The van der Waals surface area contributed by atoms with Crippen LogP contribution in [0.15, 0.2) is 12.7 Å². The van der Waals surface area contributed by atoms with Crippen molar-refractivity contribution in [3.05, 3.63) is 12.7 Å². The fourth-order valence-electron chi connectivity index (χ4n) is 4.54. The van der Waals surface area contributed by atoms with Crippen LogP contribution >= 0.6 is 7.82 Å². The minimum Gasteiger partial charge on any atom is -0.409 e. The minimum atomic E-state index is -3.88. The molecule has 0 aromatic carbocycles. The normalized spacial score (nSPS) is 22.9. The molecule has 4 unspecified atom stereocenters. The molecule has 1 aliphatic rings. The van der Waals surface area contributed by atoms with E-state index in [9.17, 15) is 4.57 Å². The van der Waals surface area contributed by atoms with E-state index >= 15 is 0 Å². The summed E-state index contributed by atoms with van der Waals surface area (Å²) in [6.07, 6.45) is 1.07. The molecule has 1 saturated heterocycles. The number of rotatable bonds is 14. The van der Waals surface area contributed by atoms with E-state index in [-0.39, 0.29) is 6.61 Å². The van der Waals surface area contributed by atoms with Gasteiger partial charge in [0.05, 0.1) is 12.9 Å². The number of phosphoric acid groups is 1. The summed E-state index contributed by atoms with van der Waals surface area (Å²) in [5.74, 6) is 0.700. The van der Waals surface area contributed by atoms with Gasteiger partial charge in [-0.15, -0.1) is 0 Å². The van der Waals surface area contributed by atoms with Gasteiger partial charge in [-0.1, -0.05) is 19.6 Å². The summed E-state index contributed by atoms with van der Waals surface area (Å²) in [4.78, 5) is 17.3. The third kappa shape index (κ3) is 11.3. The van der Waals surface area contributed by atoms with Gasteiger partial charge < -0.3 is 27.0 Å². The molecule has 0 radical (unpaired) electrons. The summed E-state index contributed by atoms with van der Waals surface area (Å²) in [5, 5.41) is 0. The van der Waals surface area contributed by atoms with Crippen LogP contribution in [0.25, 0.3) is 11.2 Å². The van der Waals surface area contributed by atoms with Crippen LogP contribution in [0.5, 0.6) is 0 Å². The molecule has 2 aromatic heterocycles. The van der Waals surface area contributed by atoms with Crippen molar-refractivity contribution >= 4 is 66.3 Å². The van der Waals surface area contributed by atoms with Crippen molar-refractivity contribution in [3.8, 4) is 0 Å². The molecule has 0 aliphatic carbocycles. The van der Waals surface area contributed by atoms with E-state index in [0.717, 1.165) is 0 Å². The topological polar surface area (TPSA) is 128 Å². The molecule has 4 atom stereocenters. The molecule has 3 rings (SSSR count). The van der Waals surface area contributed by atoms with Crippen molar-refractivity contribution in [2.24, 2.45) is 0 Å². The molecule has 12 nitrogen and oxygen atoms in total. The maximum Gasteiger partial charge on any atom is 0.455 e. The Hall–Kier alpha value is -0.576. The molecule has 1 fully saturated rings. The van der Waals surface area contributed by atoms with Gasteiger partial charge in [-0.2, -0.15) is 0 Å². The Labute approximate surface area is 263 Å². The van der Waals surface area contributed by atoms with Crippen molar-refractivity contribution in [2.45, 2.75) is 123 Å². The second-order valence-electron chi connectivity index (χ2n) is 16.0. The van der Waals surface area contributed by atoms with Crippen LogP contribution in [-0.4, -0.2) is 85.9 Å². The van der Waals surface area contributed by atoms with Gasteiger partial charge in [0.25, 0.3) is 0 Å². The Morgan fingerprint density at radius 1 is 0.791 bits per heavy atom. The fourth-order valence-corrected chi connectivity index (χ4v) is 14.2. The van der Waals surface area contributed by atoms with Crippen molar-refractivity contribution in [1.82, 2.24) is 19.5 Å². The molecule has 246 valence electrons. The standard InChI is InChI=1S/C25H54N5O7PSi5/c1-39(2,3)29-23-20-24(27-17-26-23)30(18-28-20)25-22(35-41(7,8)9)21(34-40(4,5)6)19(33-25)16-32-38(31,36-42(10,11)12)37-43(13,14)15/h17-19,21-22,25H,16H2,1-15H3,(H,26,27,29). The average molecular weight is 708 g/mol. The van der Waals surface area contributed by atoms with Crippen molar-refractivity contribution in [1.29, 1.82) is 0 Å². The van der Waals surface area contributed by atoms with Crippen LogP contribution < -0.4 is 4.98 Å². The van der Waals surface area contributed by atoms with Gasteiger partial charge in [-0.3, -0.25) is 9.09 Å². The zero-order chi connectivity index (χ0) is 32.8. The molecular weight excluding hydrogens is 654 g/mol. The van der Waals surface area contributed by atoms with Crippen molar-refractivity contribution in [3.63, 3.8) is 0 Å². The van der Waals surface area contributed by atoms with E-state index in [1.807, 2.05) is 43.8 Å². The number of ether oxygens (including phenoxy) is 1. The largest absolute Gasteiger partial charge is 0.455 e. The number of aromatic nitrogens is 4. The lowest BCUT2D eigenvalue weighted by molar-refractivity contribution is -0.0473. The van der Waals surface area contributed by atoms with Crippen molar-refractivity contribution in [2.75, 3.05) is 11.6 Å². The van der Waals surface area contributed by atoms with Crippen LogP contribution in [-0.2, 0) is 31.1 Å². The van der Waals surface area contributed by atoms with Gasteiger partial charge in [0.15, 0.2) is 45.1 Å². The number of fused-ring (bicyclic) bond motifs is 1. The molecule has 0 amide bonds. The van der Waals surface area contributed by atoms with Gasteiger partial charge in [0.1, 0.15) is 44.2 Å². The first-order chi connectivity index (χ1) is 19.2. The molecule has 0 bridgehead atoms. The molecular formula is C25H54N5O7PSi5. The average Bonchev–Trinajstić information content (AvgIpc) is 3.29. The van der Waals surface area contributed by atoms with Crippen molar-refractivity contribution < 1.29 is 31.1 Å².